The van der Waals surface area contributed by atoms with E-state index >= 15 is 0 Å². The molecular formula is C26H28Cl2N7+. The Morgan fingerprint density at radius 3 is 2.34 bits per heavy atom. The second-order valence-corrected chi connectivity index (χ2v) is 9.07. The number of aliphatic imine (C=N–C) groups is 1. The molecule has 2 heterocycles. The van der Waals surface area contributed by atoms with Gasteiger partial charge in [0.15, 0.2) is 0 Å². The lowest BCUT2D eigenvalue weighted by atomic mass is 10.2. The molecule has 4 rings (SSSR count). The van der Waals surface area contributed by atoms with Crippen molar-refractivity contribution in [3.8, 4) is 0 Å². The third kappa shape index (κ3) is 6.74. The zero-order valence-corrected chi connectivity index (χ0v) is 21.0. The molecule has 1 aromatic heterocycles. The Kier molecular flexibility index (Phi) is 7.90. The molecule has 2 aromatic carbocycles. The second kappa shape index (κ2) is 11.3. The summed E-state index contributed by atoms with van der Waals surface area (Å²) in [6.45, 7) is 5.05. The van der Waals surface area contributed by atoms with Gasteiger partial charge in [-0.2, -0.15) is 4.99 Å². The number of anilines is 2. The van der Waals surface area contributed by atoms with Crippen molar-refractivity contribution in [1.29, 1.82) is 0 Å². The Balaban J connectivity index is 1.58. The number of aromatic amines is 1. The second-order valence-electron chi connectivity index (χ2n) is 8.25. The summed E-state index contributed by atoms with van der Waals surface area (Å²) in [7, 11) is 0. The van der Waals surface area contributed by atoms with Crippen LogP contribution in [-0.2, 0) is 0 Å². The summed E-state index contributed by atoms with van der Waals surface area (Å²) in [5.41, 5.74) is 14.5. The van der Waals surface area contributed by atoms with Crippen molar-refractivity contribution >= 4 is 58.5 Å². The van der Waals surface area contributed by atoms with E-state index in [0.717, 1.165) is 43.2 Å². The van der Waals surface area contributed by atoms with E-state index in [1.807, 2.05) is 66.7 Å². The molecule has 0 amide bonds. The van der Waals surface area contributed by atoms with Crippen LogP contribution >= 0.6 is 23.2 Å². The minimum Gasteiger partial charge on any atom is -0.402 e. The minimum absolute atomic E-state index is 0.303. The van der Waals surface area contributed by atoms with Gasteiger partial charge in [-0.3, -0.25) is 4.90 Å². The van der Waals surface area contributed by atoms with Gasteiger partial charge in [-0.05, 0) is 42.8 Å². The van der Waals surface area contributed by atoms with Crippen molar-refractivity contribution in [3.63, 3.8) is 0 Å². The first kappa shape index (κ1) is 24.6. The number of aromatic nitrogens is 2. The Morgan fingerprint density at radius 1 is 0.943 bits per heavy atom. The maximum Gasteiger partial charge on any atom is 0.263 e. The van der Waals surface area contributed by atoms with Gasteiger partial charge in [0.1, 0.15) is 5.84 Å². The number of benzene rings is 2. The first-order valence-electron chi connectivity index (χ1n) is 11.3. The summed E-state index contributed by atoms with van der Waals surface area (Å²) in [4.78, 5) is 17.1. The monoisotopic (exact) mass is 508 g/mol. The van der Waals surface area contributed by atoms with Crippen LogP contribution in [-0.4, -0.2) is 37.0 Å². The van der Waals surface area contributed by atoms with Gasteiger partial charge in [0.2, 0.25) is 11.6 Å². The maximum atomic E-state index is 6.22. The number of piperazine rings is 1. The van der Waals surface area contributed by atoms with Crippen LogP contribution in [0.3, 0.4) is 0 Å². The number of nitrogens with two attached hydrogens (primary N) is 2. The van der Waals surface area contributed by atoms with E-state index < -0.39 is 0 Å². The topological polar surface area (TPSA) is 97.9 Å². The lowest BCUT2D eigenvalue weighted by molar-refractivity contribution is -0.371. The molecular weight excluding hydrogens is 481 g/mol. The SMILES string of the molecule is C/C(N)=C/C(N)=Nc1cc(N2CCN(c3ccc(Cl)c(Cl)c3)CC2)[nH+]c(/C=C/c2ccccc2)n1. The molecule has 0 unspecified atom stereocenters. The number of nitrogens with zero attached hydrogens (tertiary/aromatic N) is 4. The number of allylic oxidation sites excluding steroid dienone is 1. The van der Waals surface area contributed by atoms with E-state index in [0.29, 0.717) is 33.2 Å². The van der Waals surface area contributed by atoms with Gasteiger partial charge in [0.25, 0.3) is 5.82 Å². The van der Waals surface area contributed by atoms with Crippen molar-refractivity contribution in [2.75, 3.05) is 36.0 Å². The number of amidine groups is 1. The smallest absolute Gasteiger partial charge is 0.263 e. The Labute approximate surface area is 215 Å². The van der Waals surface area contributed by atoms with Crippen molar-refractivity contribution in [2.45, 2.75) is 6.92 Å². The molecule has 1 aliphatic heterocycles. The van der Waals surface area contributed by atoms with Crippen LogP contribution in [0.4, 0.5) is 17.3 Å². The van der Waals surface area contributed by atoms with Gasteiger partial charge >= 0.3 is 0 Å². The van der Waals surface area contributed by atoms with Gasteiger partial charge in [0, 0.05) is 30.5 Å². The molecule has 0 spiro atoms. The van der Waals surface area contributed by atoms with Crippen LogP contribution in [0.15, 0.2) is 71.4 Å². The maximum absolute atomic E-state index is 6.22. The van der Waals surface area contributed by atoms with Crippen molar-refractivity contribution in [2.24, 2.45) is 16.5 Å². The van der Waals surface area contributed by atoms with E-state index in [1.54, 1.807) is 13.0 Å². The molecule has 180 valence electrons. The van der Waals surface area contributed by atoms with Gasteiger partial charge < -0.3 is 16.4 Å². The highest BCUT2D eigenvalue weighted by atomic mass is 35.5. The quantitative estimate of drug-likeness (QED) is 0.375. The van der Waals surface area contributed by atoms with Crippen LogP contribution in [0.5, 0.6) is 0 Å². The van der Waals surface area contributed by atoms with Gasteiger partial charge in [-0.1, -0.05) is 58.5 Å². The van der Waals surface area contributed by atoms with Gasteiger partial charge in [-0.25, -0.2) is 4.98 Å². The van der Waals surface area contributed by atoms with Crippen LogP contribution in [0.2, 0.25) is 10.0 Å². The zero-order chi connectivity index (χ0) is 24.8. The highest BCUT2D eigenvalue weighted by Crippen LogP contribution is 2.28. The summed E-state index contributed by atoms with van der Waals surface area (Å²) in [5, 5.41) is 1.12. The standard InChI is InChI=1S/C26H27Cl2N7/c1-18(29)15-23(30)31-25-17-26(33-24(32-25)10-7-19-5-3-2-4-6-19)35-13-11-34(12-14-35)20-8-9-21(27)22(28)16-20/h2-10,15-17H,11-14,29H2,1H3,(H2,30,31,32,33)/p+1/b10-7+,18-15-. The first-order chi connectivity index (χ1) is 16.9. The van der Waals surface area contributed by atoms with Crippen molar-refractivity contribution < 1.29 is 4.98 Å². The summed E-state index contributed by atoms with van der Waals surface area (Å²) in [6, 6.07) is 17.7. The molecule has 9 heteroatoms. The van der Waals surface area contributed by atoms with E-state index in [-0.39, 0.29) is 0 Å². The Hall–Kier alpha value is -3.55. The van der Waals surface area contributed by atoms with Crippen LogP contribution in [0.25, 0.3) is 12.2 Å². The first-order valence-corrected chi connectivity index (χ1v) is 12.0. The number of halogens is 2. The lowest BCUT2D eigenvalue weighted by Crippen LogP contribution is -2.48. The number of hydrogen-bond donors (Lipinski definition) is 2. The molecule has 1 saturated heterocycles. The highest BCUT2D eigenvalue weighted by Gasteiger charge is 2.24. The average molecular weight is 509 g/mol. The van der Waals surface area contributed by atoms with Crippen LogP contribution in [0, 0.1) is 0 Å². The van der Waals surface area contributed by atoms with Crippen molar-refractivity contribution in [1.82, 2.24) is 4.98 Å². The number of H-pyrrole nitrogens is 1. The normalized spacial score (nSPS) is 15.2. The zero-order valence-electron chi connectivity index (χ0n) is 19.5. The molecule has 1 fully saturated rings. The highest BCUT2D eigenvalue weighted by molar-refractivity contribution is 6.42. The molecule has 3 aromatic rings. The third-order valence-corrected chi connectivity index (χ3v) is 6.24. The summed E-state index contributed by atoms with van der Waals surface area (Å²) >= 11 is 12.3. The van der Waals surface area contributed by atoms with Gasteiger partial charge in [-0.15, -0.1) is 0 Å². The predicted molar refractivity (Wildman–Crippen MR) is 146 cm³/mol. The summed E-state index contributed by atoms with van der Waals surface area (Å²) in [5.74, 6) is 2.41. The fourth-order valence-electron chi connectivity index (χ4n) is 3.80. The largest absolute Gasteiger partial charge is 0.402 e. The minimum atomic E-state index is 0.303. The molecule has 1 aliphatic rings. The molecule has 35 heavy (non-hydrogen) atoms. The van der Waals surface area contributed by atoms with Crippen LogP contribution < -0.4 is 26.3 Å². The molecule has 5 N–H and O–H groups in total. The third-order valence-electron chi connectivity index (χ3n) is 5.50. The van der Waals surface area contributed by atoms with Crippen molar-refractivity contribution in [3.05, 3.63) is 87.8 Å². The summed E-state index contributed by atoms with van der Waals surface area (Å²) < 4.78 is 0. The van der Waals surface area contributed by atoms with E-state index in [2.05, 4.69) is 24.8 Å². The summed E-state index contributed by atoms with van der Waals surface area (Å²) in [6.07, 6.45) is 5.56. The molecule has 0 radical (unpaired) electrons. The lowest BCUT2D eigenvalue weighted by Gasteiger charge is -2.34. The predicted octanol–water partition coefficient (Wildman–Crippen LogP) is 4.55. The van der Waals surface area contributed by atoms with Gasteiger partial charge in [0.05, 0.1) is 29.2 Å². The van der Waals surface area contributed by atoms with Crippen LogP contribution in [0.1, 0.15) is 18.3 Å². The van der Waals surface area contributed by atoms with E-state index in [9.17, 15) is 0 Å². The van der Waals surface area contributed by atoms with E-state index in [4.69, 9.17) is 34.7 Å². The molecule has 0 aliphatic carbocycles. The Morgan fingerprint density at radius 2 is 1.66 bits per heavy atom. The van der Waals surface area contributed by atoms with E-state index in [1.165, 1.54) is 0 Å². The number of nitrogens with one attached hydrogen (secondary N) is 1. The fraction of sp³-hybridized carbons (Fsp3) is 0.192. The molecule has 0 bridgehead atoms. The number of hydrogen-bond acceptors (Lipinski definition) is 5. The Bertz CT molecular complexity index is 1260. The molecule has 0 saturated carbocycles. The number of rotatable bonds is 6. The molecule has 0 atom stereocenters. The average Bonchev–Trinajstić information content (AvgIpc) is 2.84. The molecule has 7 nitrogen and oxygen atoms in total. The fourth-order valence-corrected chi connectivity index (χ4v) is 4.10.